The van der Waals surface area contributed by atoms with E-state index in [0.717, 1.165) is 12.8 Å². The van der Waals surface area contributed by atoms with E-state index < -0.39 is 10.0 Å². The minimum Gasteiger partial charge on any atom is -0.330 e. The summed E-state index contributed by atoms with van der Waals surface area (Å²) in [7, 11) is -3.31. The average Bonchev–Trinajstić information content (AvgIpc) is 2.43. The molecule has 2 rings (SSSR count). The topological polar surface area (TPSA) is 63.4 Å². The Kier molecular flexibility index (Phi) is 7.24. The summed E-state index contributed by atoms with van der Waals surface area (Å²) in [6.07, 6.45) is 1.66. The molecule has 120 valence electrons. The number of sulfonamides is 1. The lowest BCUT2D eigenvalue weighted by Gasteiger charge is -2.30. The van der Waals surface area contributed by atoms with Crippen LogP contribution in [0.1, 0.15) is 18.4 Å². The van der Waals surface area contributed by atoms with Crippen molar-refractivity contribution in [1.29, 1.82) is 0 Å². The molecule has 0 spiro atoms. The van der Waals surface area contributed by atoms with Gasteiger partial charge in [0.25, 0.3) is 0 Å². The van der Waals surface area contributed by atoms with Crippen LogP contribution in [0.3, 0.4) is 0 Å². The van der Waals surface area contributed by atoms with Crippen LogP contribution in [-0.2, 0) is 15.8 Å². The molecule has 0 atom stereocenters. The second-order valence-corrected chi connectivity index (χ2v) is 7.87. The smallest absolute Gasteiger partial charge is 0.218 e. The van der Waals surface area contributed by atoms with Crippen LogP contribution in [0.4, 0.5) is 0 Å². The van der Waals surface area contributed by atoms with Gasteiger partial charge in [-0.1, -0.05) is 29.3 Å². The second kappa shape index (κ2) is 7.99. The maximum atomic E-state index is 12.4. The standard InChI is InChI=1S/C13H18Cl2N2O2S.ClH/c14-12-2-1-11(7-13(12)15)9-20(18,19)17-5-3-10(8-16)4-6-17;/h1-2,7,10H,3-6,8-9,16H2;1H. The van der Waals surface area contributed by atoms with Gasteiger partial charge in [0.15, 0.2) is 0 Å². The highest BCUT2D eigenvalue weighted by Crippen LogP contribution is 2.25. The third-order valence-corrected chi connectivity index (χ3v) is 6.22. The molecular weight excluding hydrogens is 355 g/mol. The van der Waals surface area contributed by atoms with E-state index in [2.05, 4.69) is 0 Å². The fourth-order valence-corrected chi connectivity index (χ4v) is 4.23. The summed E-state index contributed by atoms with van der Waals surface area (Å²) >= 11 is 11.7. The normalized spacial score (nSPS) is 17.5. The Morgan fingerprint density at radius 3 is 2.33 bits per heavy atom. The molecule has 8 heteroatoms. The summed E-state index contributed by atoms with van der Waals surface area (Å²) in [5.74, 6) is 0.392. The van der Waals surface area contributed by atoms with Gasteiger partial charge in [0, 0.05) is 13.1 Å². The third-order valence-electron chi connectivity index (χ3n) is 3.63. The first-order chi connectivity index (χ1) is 9.42. The molecule has 1 aromatic rings. The number of nitrogens with two attached hydrogens (primary N) is 1. The lowest BCUT2D eigenvalue weighted by atomic mass is 9.99. The summed E-state index contributed by atoms with van der Waals surface area (Å²) in [5, 5.41) is 0.804. The first kappa shape index (κ1) is 19.0. The quantitative estimate of drug-likeness (QED) is 0.882. The van der Waals surface area contributed by atoms with E-state index in [0.29, 0.717) is 41.2 Å². The molecule has 1 fully saturated rings. The van der Waals surface area contributed by atoms with Crippen molar-refractivity contribution in [3.63, 3.8) is 0 Å². The van der Waals surface area contributed by atoms with Crippen LogP contribution in [0.15, 0.2) is 18.2 Å². The van der Waals surface area contributed by atoms with Gasteiger partial charge in [0.05, 0.1) is 15.8 Å². The van der Waals surface area contributed by atoms with Gasteiger partial charge in [-0.15, -0.1) is 12.4 Å². The predicted molar refractivity (Wildman–Crippen MR) is 89.7 cm³/mol. The maximum absolute atomic E-state index is 12.4. The number of nitrogens with zero attached hydrogens (tertiary/aromatic N) is 1. The van der Waals surface area contributed by atoms with Crippen LogP contribution in [0.25, 0.3) is 0 Å². The Balaban J connectivity index is 0.00000220. The van der Waals surface area contributed by atoms with Crippen molar-refractivity contribution >= 4 is 45.6 Å². The molecule has 1 saturated heterocycles. The summed E-state index contributed by atoms with van der Waals surface area (Å²) in [6, 6.07) is 4.92. The Morgan fingerprint density at radius 2 is 1.81 bits per heavy atom. The molecule has 0 amide bonds. The van der Waals surface area contributed by atoms with E-state index >= 15 is 0 Å². The number of hydrogen-bond donors (Lipinski definition) is 1. The number of hydrogen-bond acceptors (Lipinski definition) is 3. The Hall–Kier alpha value is -0.0400. The van der Waals surface area contributed by atoms with Crippen molar-refractivity contribution < 1.29 is 8.42 Å². The molecular formula is C13H19Cl3N2O2S. The molecule has 0 aliphatic carbocycles. The molecule has 0 unspecified atom stereocenters. The molecule has 4 nitrogen and oxygen atoms in total. The molecule has 0 radical (unpaired) electrons. The van der Waals surface area contributed by atoms with E-state index in [-0.39, 0.29) is 18.2 Å². The van der Waals surface area contributed by atoms with E-state index in [1.807, 2.05) is 0 Å². The zero-order valence-corrected chi connectivity index (χ0v) is 14.6. The van der Waals surface area contributed by atoms with Gasteiger partial charge in [-0.2, -0.15) is 0 Å². The Morgan fingerprint density at radius 1 is 1.19 bits per heavy atom. The summed E-state index contributed by atoms with van der Waals surface area (Å²) < 4.78 is 26.3. The van der Waals surface area contributed by atoms with Gasteiger partial charge >= 0.3 is 0 Å². The highest BCUT2D eigenvalue weighted by molar-refractivity contribution is 7.88. The summed E-state index contributed by atoms with van der Waals surface area (Å²) in [6.45, 7) is 1.72. The summed E-state index contributed by atoms with van der Waals surface area (Å²) in [5.41, 5.74) is 6.27. The van der Waals surface area contributed by atoms with Crippen molar-refractivity contribution in [1.82, 2.24) is 4.31 Å². The average molecular weight is 374 g/mol. The fourth-order valence-electron chi connectivity index (χ4n) is 2.35. The number of rotatable bonds is 4. The molecule has 0 saturated carbocycles. The van der Waals surface area contributed by atoms with Gasteiger partial charge in [0.1, 0.15) is 0 Å². The molecule has 2 N–H and O–H groups in total. The van der Waals surface area contributed by atoms with Gasteiger partial charge in [0.2, 0.25) is 10.0 Å². The van der Waals surface area contributed by atoms with Crippen LogP contribution in [-0.4, -0.2) is 32.4 Å². The van der Waals surface area contributed by atoms with E-state index in [4.69, 9.17) is 28.9 Å². The molecule has 0 aromatic heterocycles. The Labute approximate surface area is 142 Å². The van der Waals surface area contributed by atoms with Crippen LogP contribution in [0.5, 0.6) is 0 Å². The van der Waals surface area contributed by atoms with E-state index in [1.54, 1.807) is 22.5 Å². The third kappa shape index (κ3) is 4.98. The largest absolute Gasteiger partial charge is 0.330 e. The highest BCUT2D eigenvalue weighted by atomic mass is 35.5. The molecule has 1 heterocycles. The molecule has 1 aliphatic rings. The maximum Gasteiger partial charge on any atom is 0.218 e. The van der Waals surface area contributed by atoms with Gasteiger partial charge in [-0.25, -0.2) is 12.7 Å². The molecule has 0 bridgehead atoms. The Bertz CT molecular complexity index is 573. The van der Waals surface area contributed by atoms with Crippen molar-refractivity contribution in [2.75, 3.05) is 19.6 Å². The van der Waals surface area contributed by atoms with E-state index in [1.165, 1.54) is 0 Å². The van der Waals surface area contributed by atoms with Crippen LogP contribution >= 0.6 is 35.6 Å². The second-order valence-electron chi connectivity index (χ2n) is 5.08. The van der Waals surface area contributed by atoms with Gasteiger partial charge < -0.3 is 5.73 Å². The van der Waals surface area contributed by atoms with Crippen LogP contribution in [0, 0.1) is 5.92 Å². The number of piperidine rings is 1. The van der Waals surface area contributed by atoms with Gasteiger partial charge in [-0.3, -0.25) is 0 Å². The highest BCUT2D eigenvalue weighted by Gasteiger charge is 2.27. The predicted octanol–water partition coefficient (Wildman–Crippen LogP) is 2.92. The van der Waals surface area contributed by atoms with Crippen LogP contribution in [0.2, 0.25) is 10.0 Å². The fraction of sp³-hybridized carbons (Fsp3) is 0.538. The number of halogens is 3. The van der Waals surface area contributed by atoms with Gasteiger partial charge in [-0.05, 0) is 43.0 Å². The van der Waals surface area contributed by atoms with Crippen LogP contribution < -0.4 is 5.73 Å². The first-order valence-corrected chi connectivity index (χ1v) is 8.90. The van der Waals surface area contributed by atoms with Crippen molar-refractivity contribution in [2.24, 2.45) is 11.7 Å². The number of benzene rings is 1. The minimum atomic E-state index is -3.31. The zero-order valence-electron chi connectivity index (χ0n) is 11.5. The lowest BCUT2D eigenvalue weighted by molar-refractivity contribution is 0.278. The molecule has 1 aromatic carbocycles. The lowest BCUT2D eigenvalue weighted by Crippen LogP contribution is -2.40. The van der Waals surface area contributed by atoms with Crippen molar-refractivity contribution in [3.05, 3.63) is 33.8 Å². The zero-order chi connectivity index (χ0) is 14.8. The molecule has 21 heavy (non-hydrogen) atoms. The van der Waals surface area contributed by atoms with Crippen molar-refractivity contribution in [2.45, 2.75) is 18.6 Å². The van der Waals surface area contributed by atoms with E-state index in [9.17, 15) is 8.42 Å². The monoisotopic (exact) mass is 372 g/mol. The minimum absolute atomic E-state index is 0. The molecule has 1 aliphatic heterocycles. The SMILES string of the molecule is Cl.NCC1CCN(S(=O)(=O)Cc2ccc(Cl)c(Cl)c2)CC1. The first-order valence-electron chi connectivity index (χ1n) is 6.54. The van der Waals surface area contributed by atoms with Crippen molar-refractivity contribution in [3.8, 4) is 0 Å². The summed E-state index contributed by atoms with van der Waals surface area (Å²) in [4.78, 5) is 0.